The average Bonchev–Trinajstić information content (AvgIpc) is 2.15. The fourth-order valence-electron chi connectivity index (χ4n) is 1.43. The molecule has 1 aliphatic heterocycles. The van der Waals surface area contributed by atoms with Crippen LogP contribution >= 0.6 is 0 Å². The summed E-state index contributed by atoms with van der Waals surface area (Å²) in [6.45, 7) is 3.37. The highest BCUT2D eigenvalue weighted by molar-refractivity contribution is 5.85. The summed E-state index contributed by atoms with van der Waals surface area (Å²) in [6.07, 6.45) is 1.97. The summed E-state index contributed by atoms with van der Waals surface area (Å²) in [5.74, 6) is 0.0487. The van der Waals surface area contributed by atoms with Gasteiger partial charge in [-0.3, -0.25) is 9.59 Å². The number of piperidine rings is 1. The standard InChI is InChI=1S/C9H16N2O2/c1-7(12)5-11-9(13)8-3-2-4-10-6-8/h8,10H,2-6H2,1H3,(H,11,13). The Morgan fingerprint density at radius 2 is 2.31 bits per heavy atom. The van der Waals surface area contributed by atoms with Gasteiger partial charge in [0, 0.05) is 6.54 Å². The Morgan fingerprint density at radius 3 is 2.85 bits per heavy atom. The number of amides is 1. The summed E-state index contributed by atoms with van der Waals surface area (Å²) in [6, 6.07) is 0. The van der Waals surface area contributed by atoms with Crippen LogP contribution in [0.4, 0.5) is 0 Å². The third-order valence-electron chi connectivity index (χ3n) is 2.18. The van der Waals surface area contributed by atoms with Crippen molar-refractivity contribution in [3.8, 4) is 0 Å². The molecule has 1 heterocycles. The third kappa shape index (κ3) is 3.55. The van der Waals surface area contributed by atoms with Crippen LogP contribution in [0.15, 0.2) is 0 Å². The van der Waals surface area contributed by atoms with Crippen LogP contribution in [-0.4, -0.2) is 31.3 Å². The maximum atomic E-state index is 11.4. The molecule has 0 bridgehead atoms. The molecule has 0 aromatic heterocycles. The molecule has 0 radical (unpaired) electrons. The van der Waals surface area contributed by atoms with Gasteiger partial charge in [0.2, 0.25) is 5.91 Å². The van der Waals surface area contributed by atoms with E-state index >= 15 is 0 Å². The number of nitrogens with one attached hydrogen (secondary N) is 2. The maximum absolute atomic E-state index is 11.4. The second kappa shape index (κ2) is 4.97. The van der Waals surface area contributed by atoms with Gasteiger partial charge in [-0.1, -0.05) is 0 Å². The molecule has 74 valence electrons. The van der Waals surface area contributed by atoms with Crippen LogP contribution in [0.3, 0.4) is 0 Å². The first-order valence-corrected chi connectivity index (χ1v) is 4.68. The molecular formula is C9H16N2O2. The monoisotopic (exact) mass is 184 g/mol. The number of carbonyl (C=O) groups excluding carboxylic acids is 2. The zero-order valence-corrected chi connectivity index (χ0v) is 7.93. The van der Waals surface area contributed by atoms with E-state index in [2.05, 4.69) is 10.6 Å². The van der Waals surface area contributed by atoms with Crippen molar-refractivity contribution in [2.45, 2.75) is 19.8 Å². The Kier molecular flexibility index (Phi) is 3.89. The second-order valence-electron chi connectivity index (χ2n) is 3.46. The summed E-state index contributed by atoms with van der Waals surface area (Å²) >= 11 is 0. The molecule has 0 aromatic carbocycles. The molecule has 0 saturated carbocycles. The van der Waals surface area contributed by atoms with E-state index in [9.17, 15) is 9.59 Å². The lowest BCUT2D eigenvalue weighted by molar-refractivity contribution is -0.127. The normalized spacial score (nSPS) is 22.4. The Labute approximate surface area is 78.1 Å². The molecule has 0 spiro atoms. The van der Waals surface area contributed by atoms with Gasteiger partial charge in [0.1, 0.15) is 5.78 Å². The highest BCUT2D eigenvalue weighted by Crippen LogP contribution is 2.09. The topological polar surface area (TPSA) is 58.2 Å². The van der Waals surface area contributed by atoms with Crippen molar-refractivity contribution < 1.29 is 9.59 Å². The predicted octanol–water partition coefficient (Wildman–Crippen LogP) is -0.309. The molecule has 0 aliphatic carbocycles. The van der Waals surface area contributed by atoms with Crippen LogP contribution in [-0.2, 0) is 9.59 Å². The molecule has 1 aliphatic rings. The molecular weight excluding hydrogens is 168 g/mol. The summed E-state index contributed by atoms with van der Waals surface area (Å²) in [4.78, 5) is 22.0. The molecule has 0 aromatic rings. The molecule has 4 nitrogen and oxygen atoms in total. The third-order valence-corrected chi connectivity index (χ3v) is 2.18. The molecule has 1 fully saturated rings. The maximum Gasteiger partial charge on any atom is 0.224 e. The van der Waals surface area contributed by atoms with Gasteiger partial charge >= 0.3 is 0 Å². The van der Waals surface area contributed by atoms with E-state index in [0.29, 0.717) is 0 Å². The molecule has 1 saturated heterocycles. The Morgan fingerprint density at radius 1 is 1.54 bits per heavy atom. The summed E-state index contributed by atoms with van der Waals surface area (Å²) < 4.78 is 0. The zero-order valence-electron chi connectivity index (χ0n) is 7.93. The smallest absolute Gasteiger partial charge is 0.224 e. The van der Waals surface area contributed by atoms with E-state index in [0.717, 1.165) is 25.9 Å². The van der Waals surface area contributed by atoms with E-state index < -0.39 is 0 Å². The summed E-state index contributed by atoms with van der Waals surface area (Å²) in [5, 5.41) is 5.78. The van der Waals surface area contributed by atoms with Crippen molar-refractivity contribution in [3.63, 3.8) is 0 Å². The van der Waals surface area contributed by atoms with Crippen LogP contribution in [0.25, 0.3) is 0 Å². The largest absolute Gasteiger partial charge is 0.349 e. The van der Waals surface area contributed by atoms with Crippen molar-refractivity contribution in [2.24, 2.45) is 5.92 Å². The molecule has 2 N–H and O–H groups in total. The highest BCUT2D eigenvalue weighted by Gasteiger charge is 2.20. The van der Waals surface area contributed by atoms with Crippen molar-refractivity contribution in [1.82, 2.24) is 10.6 Å². The summed E-state index contributed by atoms with van der Waals surface area (Å²) in [5.41, 5.74) is 0. The van der Waals surface area contributed by atoms with Crippen molar-refractivity contribution in [3.05, 3.63) is 0 Å². The Balaban J connectivity index is 2.25. The van der Waals surface area contributed by atoms with Crippen molar-refractivity contribution in [2.75, 3.05) is 19.6 Å². The average molecular weight is 184 g/mol. The van der Waals surface area contributed by atoms with E-state index in [-0.39, 0.29) is 24.2 Å². The first-order chi connectivity index (χ1) is 6.20. The molecule has 13 heavy (non-hydrogen) atoms. The number of hydrogen-bond acceptors (Lipinski definition) is 3. The van der Waals surface area contributed by atoms with Crippen LogP contribution in [0.1, 0.15) is 19.8 Å². The van der Waals surface area contributed by atoms with Gasteiger partial charge in [0.15, 0.2) is 0 Å². The van der Waals surface area contributed by atoms with E-state index in [1.165, 1.54) is 6.92 Å². The molecule has 1 amide bonds. The van der Waals surface area contributed by atoms with E-state index in [1.54, 1.807) is 0 Å². The number of ketones is 1. The first kappa shape index (κ1) is 10.2. The molecule has 1 unspecified atom stereocenters. The minimum Gasteiger partial charge on any atom is -0.349 e. The Bertz CT molecular complexity index is 198. The van der Waals surface area contributed by atoms with Crippen LogP contribution in [0.5, 0.6) is 0 Å². The fourth-order valence-corrected chi connectivity index (χ4v) is 1.43. The van der Waals surface area contributed by atoms with Crippen LogP contribution in [0.2, 0.25) is 0 Å². The SMILES string of the molecule is CC(=O)CNC(=O)C1CCCNC1. The minimum absolute atomic E-state index is 0.00222. The molecule has 4 heteroatoms. The fraction of sp³-hybridized carbons (Fsp3) is 0.778. The van der Waals surface area contributed by atoms with Gasteiger partial charge < -0.3 is 10.6 Å². The van der Waals surface area contributed by atoms with Gasteiger partial charge in [0.25, 0.3) is 0 Å². The van der Waals surface area contributed by atoms with Gasteiger partial charge in [-0.2, -0.15) is 0 Å². The predicted molar refractivity (Wildman–Crippen MR) is 49.3 cm³/mol. The first-order valence-electron chi connectivity index (χ1n) is 4.68. The number of Topliss-reactive ketones (excluding diaryl/α,β-unsaturated/α-hetero) is 1. The van der Waals surface area contributed by atoms with Gasteiger partial charge in [-0.15, -0.1) is 0 Å². The van der Waals surface area contributed by atoms with Gasteiger partial charge in [0.05, 0.1) is 12.5 Å². The minimum atomic E-state index is -0.00267. The summed E-state index contributed by atoms with van der Waals surface area (Å²) in [7, 11) is 0. The molecule has 1 rings (SSSR count). The number of rotatable bonds is 3. The lowest BCUT2D eigenvalue weighted by atomic mass is 9.99. The van der Waals surface area contributed by atoms with Gasteiger partial charge in [-0.25, -0.2) is 0 Å². The zero-order chi connectivity index (χ0) is 9.68. The quantitative estimate of drug-likeness (QED) is 0.632. The van der Waals surface area contributed by atoms with E-state index in [4.69, 9.17) is 0 Å². The molecule has 1 atom stereocenters. The highest BCUT2D eigenvalue weighted by atomic mass is 16.2. The van der Waals surface area contributed by atoms with Crippen molar-refractivity contribution in [1.29, 1.82) is 0 Å². The van der Waals surface area contributed by atoms with Crippen molar-refractivity contribution >= 4 is 11.7 Å². The van der Waals surface area contributed by atoms with E-state index in [1.807, 2.05) is 0 Å². The van der Waals surface area contributed by atoms with Gasteiger partial charge in [-0.05, 0) is 26.3 Å². The number of carbonyl (C=O) groups is 2. The Hall–Kier alpha value is -0.900. The lowest BCUT2D eigenvalue weighted by Crippen LogP contribution is -2.41. The van der Waals surface area contributed by atoms with Crippen LogP contribution in [0, 0.1) is 5.92 Å². The lowest BCUT2D eigenvalue weighted by Gasteiger charge is -2.21. The van der Waals surface area contributed by atoms with Crippen LogP contribution < -0.4 is 10.6 Å². The number of hydrogen-bond donors (Lipinski definition) is 2. The second-order valence-corrected chi connectivity index (χ2v) is 3.46.